The van der Waals surface area contributed by atoms with E-state index in [-0.39, 0.29) is 12.4 Å². The first-order valence-corrected chi connectivity index (χ1v) is 7.35. The number of pyridine rings is 1. The van der Waals surface area contributed by atoms with Crippen molar-refractivity contribution in [2.75, 3.05) is 20.3 Å². The Morgan fingerprint density at radius 3 is 2.62 bits per heavy atom. The van der Waals surface area contributed by atoms with Crippen molar-refractivity contribution >= 4 is 10.0 Å². The number of halogens is 3. The Hall–Kier alpha value is -1.39. The molecular formula is C11H15F3N2O4S. The van der Waals surface area contributed by atoms with Crippen LogP contribution >= 0.6 is 0 Å². The van der Waals surface area contributed by atoms with E-state index in [0.717, 1.165) is 13.3 Å². The third-order valence-electron chi connectivity index (χ3n) is 2.36. The van der Waals surface area contributed by atoms with Crippen molar-refractivity contribution in [3.8, 4) is 5.75 Å². The Kier molecular flexibility index (Phi) is 5.93. The predicted molar refractivity (Wildman–Crippen MR) is 67.4 cm³/mol. The molecule has 0 aliphatic carbocycles. The second-order valence-corrected chi connectivity index (χ2v) is 5.61. The fourth-order valence-electron chi connectivity index (χ4n) is 1.46. The van der Waals surface area contributed by atoms with Crippen molar-refractivity contribution in [3.05, 3.63) is 18.5 Å². The summed E-state index contributed by atoms with van der Waals surface area (Å²) < 4.78 is 73.4. The van der Waals surface area contributed by atoms with E-state index >= 15 is 0 Å². The fraction of sp³-hybridized carbons (Fsp3) is 0.545. The minimum Gasteiger partial charge on any atom is -0.492 e. The summed E-state index contributed by atoms with van der Waals surface area (Å²) in [7, 11) is -3.41. The number of aromatic nitrogens is 1. The van der Waals surface area contributed by atoms with Gasteiger partial charge in [-0.05, 0) is 13.0 Å². The Morgan fingerprint density at radius 2 is 2.10 bits per heavy atom. The summed E-state index contributed by atoms with van der Waals surface area (Å²) in [6.07, 6.45) is -2.58. The van der Waals surface area contributed by atoms with Gasteiger partial charge in [0.2, 0.25) is 10.0 Å². The SMILES string of the molecule is CCOc1ccncc1S(=O)(=O)NC(COC)C(F)(F)F. The molecular weight excluding hydrogens is 313 g/mol. The number of methoxy groups -OCH3 is 1. The maximum Gasteiger partial charge on any atom is 0.407 e. The van der Waals surface area contributed by atoms with Crippen LogP contribution in [0.4, 0.5) is 13.2 Å². The minimum atomic E-state index is -4.78. The Balaban J connectivity index is 3.11. The van der Waals surface area contributed by atoms with Gasteiger partial charge >= 0.3 is 6.18 Å². The summed E-state index contributed by atoms with van der Waals surface area (Å²) >= 11 is 0. The lowest BCUT2D eigenvalue weighted by molar-refractivity contribution is -0.161. The highest BCUT2D eigenvalue weighted by Gasteiger charge is 2.42. The van der Waals surface area contributed by atoms with Crippen LogP contribution in [-0.4, -0.2) is 45.9 Å². The molecule has 0 spiro atoms. The fourth-order valence-corrected chi connectivity index (χ4v) is 2.75. The van der Waals surface area contributed by atoms with Gasteiger partial charge in [-0.2, -0.15) is 17.9 Å². The molecule has 1 aromatic heterocycles. The number of nitrogens with one attached hydrogen (secondary N) is 1. The monoisotopic (exact) mass is 328 g/mol. The van der Waals surface area contributed by atoms with Crippen LogP contribution in [0, 0.1) is 0 Å². The molecule has 21 heavy (non-hydrogen) atoms. The van der Waals surface area contributed by atoms with Crippen molar-refractivity contribution in [1.29, 1.82) is 0 Å². The number of rotatable bonds is 7. The highest BCUT2D eigenvalue weighted by molar-refractivity contribution is 7.89. The quantitative estimate of drug-likeness (QED) is 0.817. The lowest BCUT2D eigenvalue weighted by Crippen LogP contribution is -2.48. The maximum atomic E-state index is 12.7. The van der Waals surface area contributed by atoms with Gasteiger partial charge in [-0.15, -0.1) is 0 Å². The van der Waals surface area contributed by atoms with Crippen LogP contribution in [0.25, 0.3) is 0 Å². The molecule has 0 bridgehead atoms. The molecule has 0 amide bonds. The zero-order valence-corrected chi connectivity index (χ0v) is 12.2. The van der Waals surface area contributed by atoms with E-state index in [0.29, 0.717) is 0 Å². The van der Waals surface area contributed by atoms with Crippen LogP contribution < -0.4 is 9.46 Å². The van der Waals surface area contributed by atoms with Gasteiger partial charge in [0.15, 0.2) is 0 Å². The second-order valence-electron chi connectivity index (χ2n) is 3.93. The number of sulfonamides is 1. The summed E-state index contributed by atoms with van der Waals surface area (Å²) in [4.78, 5) is 3.14. The maximum absolute atomic E-state index is 12.7. The lowest BCUT2D eigenvalue weighted by atomic mass is 10.3. The van der Waals surface area contributed by atoms with Crippen LogP contribution in [0.5, 0.6) is 5.75 Å². The molecule has 0 aliphatic rings. The Bertz CT molecular complexity index is 563. The molecule has 0 radical (unpaired) electrons. The molecule has 0 fully saturated rings. The highest BCUT2D eigenvalue weighted by atomic mass is 32.2. The van der Waals surface area contributed by atoms with E-state index in [9.17, 15) is 21.6 Å². The first kappa shape index (κ1) is 17.7. The third-order valence-corrected chi connectivity index (χ3v) is 3.84. The number of ether oxygens (including phenoxy) is 2. The summed E-state index contributed by atoms with van der Waals surface area (Å²) in [5.41, 5.74) is 0. The van der Waals surface area contributed by atoms with E-state index < -0.39 is 33.7 Å². The molecule has 0 saturated carbocycles. The van der Waals surface area contributed by atoms with E-state index in [2.05, 4.69) is 9.72 Å². The van der Waals surface area contributed by atoms with Gasteiger partial charge in [0.25, 0.3) is 0 Å². The van der Waals surface area contributed by atoms with Crippen molar-refractivity contribution in [3.63, 3.8) is 0 Å². The minimum absolute atomic E-state index is 0.0710. The lowest BCUT2D eigenvalue weighted by Gasteiger charge is -2.21. The molecule has 1 heterocycles. The van der Waals surface area contributed by atoms with Gasteiger partial charge < -0.3 is 9.47 Å². The average molecular weight is 328 g/mol. The first-order valence-electron chi connectivity index (χ1n) is 5.87. The molecule has 1 rings (SSSR count). The number of nitrogens with zero attached hydrogens (tertiary/aromatic N) is 1. The molecule has 1 atom stereocenters. The van der Waals surface area contributed by atoms with Crippen molar-refractivity contribution in [1.82, 2.24) is 9.71 Å². The van der Waals surface area contributed by atoms with Gasteiger partial charge in [0, 0.05) is 13.3 Å². The van der Waals surface area contributed by atoms with Gasteiger partial charge in [-0.3, -0.25) is 4.98 Å². The van der Waals surface area contributed by atoms with E-state index in [1.807, 2.05) is 0 Å². The van der Waals surface area contributed by atoms with Crippen LogP contribution in [0.3, 0.4) is 0 Å². The van der Waals surface area contributed by atoms with Crippen LogP contribution in [-0.2, 0) is 14.8 Å². The molecule has 0 aliphatic heterocycles. The summed E-state index contributed by atoms with van der Waals surface area (Å²) in [6, 6.07) is -1.10. The first-order chi connectivity index (χ1) is 9.72. The van der Waals surface area contributed by atoms with E-state index in [1.165, 1.54) is 12.3 Å². The molecule has 0 aromatic carbocycles. The number of alkyl halides is 3. The predicted octanol–water partition coefficient (Wildman–Crippen LogP) is 1.34. The van der Waals surface area contributed by atoms with Crippen molar-refractivity contribution in [2.24, 2.45) is 0 Å². The largest absolute Gasteiger partial charge is 0.492 e. The zero-order valence-electron chi connectivity index (χ0n) is 11.3. The van der Waals surface area contributed by atoms with Crippen molar-refractivity contribution in [2.45, 2.75) is 24.0 Å². The zero-order chi connectivity index (χ0) is 16.1. The van der Waals surface area contributed by atoms with Gasteiger partial charge in [-0.25, -0.2) is 8.42 Å². The Morgan fingerprint density at radius 1 is 1.43 bits per heavy atom. The van der Waals surface area contributed by atoms with Gasteiger partial charge in [0.05, 0.1) is 19.4 Å². The second kappa shape index (κ2) is 7.05. The molecule has 1 aromatic rings. The van der Waals surface area contributed by atoms with Crippen LogP contribution in [0.1, 0.15) is 6.92 Å². The highest BCUT2D eigenvalue weighted by Crippen LogP contribution is 2.26. The molecule has 1 unspecified atom stereocenters. The molecule has 6 nitrogen and oxygen atoms in total. The normalized spacial score (nSPS) is 14.0. The van der Waals surface area contributed by atoms with Crippen LogP contribution in [0.2, 0.25) is 0 Å². The van der Waals surface area contributed by atoms with Gasteiger partial charge in [0.1, 0.15) is 16.7 Å². The average Bonchev–Trinajstić information content (AvgIpc) is 2.38. The Labute approximate surface area is 120 Å². The third kappa shape index (κ3) is 4.83. The molecule has 1 N–H and O–H groups in total. The van der Waals surface area contributed by atoms with Crippen LogP contribution in [0.15, 0.2) is 23.4 Å². The van der Waals surface area contributed by atoms with Crippen molar-refractivity contribution < 1.29 is 31.1 Å². The molecule has 120 valence electrons. The summed E-state index contributed by atoms with van der Waals surface area (Å²) in [6.45, 7) is 0.938. The summed E-state index contributed by atoms with van der Waals surface area (Å²) in [5.74, 6) is -0.0710. The summed E-state index contributed by atoms with van der Waals surface area (Å²) in [5, 5.41) is 0. The molecule has 0 saturated heterocycles. The van der Waals surface area contributed by atoms with Gasteiger partial charge in [-0.1, -0.05) is 0 Å². The number of hydrogen-bond acceptors (Lipinski definition) is 5. The standard InChI is InChI=1S/C11H15F3N2O4S/c1-3-20-8-4-5-15-6-9(8)21(17,18)16-10(7-19-2)11(12,13)14/h4-6,10,16H,3,7H2,1-2H3. The van der Waals surface area contributed by atoms with E-state index in [1.54, 1.807) is 11.6 Å². The smallest absolute Gasteiger partial charge is 0.407 e. The topological polar surface area (TPSA) is 77.5 Å². The van der Waals surface area contributed by atoms with E-state index in [4.69, 9.17) is 4.74 Å². The number of hydrogen-bond donors (Lipinski definition) is 1. The molecule has 10 heteroatoms.